The molecule has 0 aromatic heterocycles. The first-order valence-electron chi connectivity index (χ1n) is 9.22. The van der Waals surface area contributed by atoms with E-state index in [9.17, 15) is 4.79 Å². The molecule has 1 amide bonds. The summed E-state index contributed by atoms with van der Waals surface area (Å²) in [5.41, 5.74) is 1.29. The van der Waals surface area contributed by atoms with Crippen LogP contribution >= 0.6 is 0 Å². The monoisotopic (exact) mass is 333 g/mol. The predicted octanol–water partition coefficient (Wildman–Crippen LogP) is -1.15. The minimum Gasteiger partial charge on any atom is -0.497 e. The van der Waals surface area contributed by atoms with Gasteiger partial charge >= 0.3 is 0 Å². The molecule has 2 fully saturated rings. The van der Waals surface area contributed by atoms with Crippen LogP contribution in [0.3, 0.4) is 0 Å². The lowest BCUT2D eigenvalue weighted by Gasteiger charge is -2.35. The Hall–Kier alpha value is -1.59. The molecule has 0 saturated carbocycles. The van der Waals surface area contributed by atoms with Crippen molar-refractivity contribution in [3.8, 4) is 5.75 Å². The fourth-order valence-electron chi connectivity index (χ4n) is 3.96. The van der Waals surface area contributed by atoms with Crippen LogP contribution in [0.1, 0.15) is 18.4 Å². The van der Waals surface area contributed by atoms with Crippen LogP contribution in [0.5, 0.6) is 5.75 Å². The number of piperidine rings is 1. The van der Waals surface area contributed by atoms with Gasteiger partial charge in [-0.1, -0.05) is 12.1 Å². The molecule has 5 heteroatoms. The molecule has 0 bridgehead atoms. The summed E-state index contributed by atoms with van der Waals surface area (Å²) in [6.07, 6.45) is 2.20. The maximum atomic E-state index is 12.8. The van der Waals surface area contributed by atoms with Gasteiger partial charge in [0.1, 0.15) is 12.3 Å². The molecule has 2 saturated heterocycles. The Labute approximate surface area is 145 Å². The van der Waals surface area contributed by atoms with Gasteiger partial charge in [-0.3, -0.25) is 4.79 Å². The van der Waals surface area contributed by atoms with E-state index in [0.29, 0.717) is 5.91 Å². The lowest BCUT2D eigenvalue weighted by molar-refractivity contribution is -0.921. The number of likely N-dealkylation sites (N-methyl/N-ethyl adjacent to an activating group) is 1. The van der Waals surface area contributed by atoms with E-state index < -0.39 is 0 Å². The topological polar surface area (TPSA) is 38.4 Å². The number of amides is 1. The van der Waals surface area contributed by atoms with Gasteiger partial charge in [0.05, 0.1) is 59.3 Å². The molecule has 2 atom stereocenters. The van der Waals surface area contributed by atoms with Crippen LogP contribution in [0.15, 0.2) is 24.3 Å². The highest BCUT2D eigenvalue weighted by atomic mass is 16.5. The molecule has 132 valence electrons. The van der Waals surface area contributed by atoms with Crippen molar-refractivity contribution in [3.05, 3.63) is 29.8 Å². The number of nitrogens with zero attached hydrogens (tertiary/aromatic N) is 1. The number of carbonyl (C=O) groups excluding carboxylic acids is 1. The van der Waals surface area contributed by atoms with Gasteiger partial charge in [-0.2, -0.15) is 0 Å². The van der Waals surface area contributed by atoms with Crippen LogP contribution in [-0.2, 0) is 11.3 Å². The molecule has 3 rings (SSSR count). The third-order valence-corrected chi connectivity index (χ3v) is 5.48. The van der Waals surface area contributed by atoms with Gasteiger partial charge in [0.15, 0.2) is 0 Å². The number of benzene rings is 1. The van der Waals surface area contributed by atoms with Gasteiger partial charge in [-0.15, -0.1) is 0 Å². The van der Waals surface area contributed by atoms with Gasteiger partial charge in [-0.25, -0.2) is 0 Å². The zero-order chi connectivity index (χ0) is 16.9. The van der Waals surface area contributed by atoms with E-state index in [1.807, 2.05) is 12.1 Å². The van der Waals surface area contributed by atoms with E-state index in [-0.39, 0.29) is 5.92 Å². The first-order valence-corrected chi connectivity index (χ1v) is 9.22. The first-order chi connectivity index (χ1) is 11.7. The van der Waals surface area contributed by atoms with Gasteiger partial charge in [0.25, 0.3) is 0 Å². The van der Waals surface area contributed by atoms with E-state index in [1.54, 1.807) is 7.11 Å². The number of likely N-dealkylation sites (tertiary alicyclic amines) is 1. The standard InChI is InChI=1S/C19H29N3O2/c1-20-9-11-22(12-10-20)19(23)17-6-4-8-21(15-17)14-16-5-3-7-18(13-16)24-2/h3,5,7,13,17H,4,6,8-12,14-15H2,1-2H3/p+2/t17-/m0/s1. The molecule has 0 spiro atoms. The molecule has 2 heterocycles. The highest BCUT2D eigenvalue weighted by Gasteiger charge is 2.33. The van der Waals surface area contributed by atoms with Crippen LogP contribution in [0.4, 0.5) is 0 Å². The Kier molecular flexibility index (Phi) is 5.74. The van der Waals surface area contributed by atoms with E-state index in [1.165, 1.54) is 15.4 Å². The average molecular weight is 333 g/mol. The molecule has 2 N–H and O–H groups in total. The number of rotatable bonds is 4. The molecule has 5 nitrogen and oxygen atoms in total. The molecule has 1 aromatic carbocycles. The number of hydrogen-bond acceptors (Lipinski definition) is 2. The molecule has 2 aliphatic heterocycles. The smallest absolute Gasteiger partial charge is 0.231 e. The number of carbonyl (C=O) groups is 1. The van der Waals surface area contributed by atoms with Crippen molar-refractivity contribution in [2.24, 2.45) is 5.92 Å². The lowest BCUT2D eigenvalue weighted by Crippen LogP contribution is -3.13. The van der Waals surface area contributed by atoms with Gasteiger partial charge < -0.3 is 19.4 Å². The predicted molar refractivity (Wildman–Crippen MR) is 93.3 cm³/mol. The molecule has 1 unspecified atom stereocenters. The van der Waals surface area contributed by atoms with E-state index >= 15 is 0 Å². The number of piperazine rings is 1. The molecular weight excluding hydrogens is 302 g/mol. The van der Waals surface area contributed by atoms with Crippen LogP contribution in [0, 0.1) is 5.92 Å². The zero-order valence-corrected chi connectivity index (χ0v) is 15.0. The van der Waals surface area contributed by atoms with E-state index in [2.05, 4.69) is 24.1 Å². The third-order valence-electron chi connectivity index (χ3n) is 5.48. The Morgan fingerprint density at radius 2 is 2.08 bits per heavy atom. The maximum Gasteiger partial charge on any atom is 0.231 e. The molecule has 2 aliphatic rings. The van der Waals surface area contributed by atoms with Crippen molar-refractivity contribution in [3.63, 3.8) is 0 Å². The van der Waals surface area contributed by atoms with Crippen molar-refractivity contribution in [2.75, 3.05) is 53.4 Å². The second kappa shape index (κ2) is 7.99. The minimum absolute atomic E-state index is 0.206. The summed E-state index contributed by atoms with van der Waals surface area (Å²) in [6.45, 7) is 7.12. The van der Waals surface area contributed by atoms with Gasteiger partial charge in [0.2, 0.25) is 5.91 Å². The third kappa shape index (κ3) is 4.28. The Morgan fingerprint density at radius 1 is 1.29 bits per heavy atom. The molecule has 0 aliphatic carbocycles. The van der Waals surface area contributed by atoms with Crippen LogP contribution in [0.25, 0.3) is 0 Å². The van der Waals surface area contributed by atoms with Crippen LogP contribution < -0.4 is 14.5 Å². The van der Waals surface area contributed by atoms with Crippen molar-refractivity contribution >= 4 is 5.91 Å². The van der Waals surface area contributed by atoms with Crippen molar-refractivity contribution in [2.45, 2.75) is 19.4 Å². The second-order valence-electron chi connectivity index (χ2n) is 7.35. The summed E-state index contributed by atoms with van der Waals surface area (Å²) >= 11 is 0. The van der Waals surface area contributed by atoms with Crippen molar-refractivity contribution < 1.29 is 19.3 Å². The van der Waals surface area contributed by atoms with Crippen LogP contribution in [0.2, 0.25) is 0 Å². The zero-order valence-electron chi connectivity index (χ0n) is 15.0. The maximum absolute atomic E-state index is 12.8. The fourth-order valence-corrected chi connectivity index (χ4v) is 3.96. The van der Waals surface area contributed by atoms with Crippen molar-refractivity contribution in [1.82, 2.24) is 4.90 Å². The highest BCUT2D eigenvalue weighted by molar-refractivity contribution is 5.79. The molecule has 0 radical (unpaired) electrons. The van der Waals surface area contributed by atoms with Crippen LogP contribution in [-0.4, -0.2) is 64.2 Å². The summed E-state index contributed by atoms with van der Waals surface area (Å²) in [5, 5.41) is 0. The Bertz CT molecular complexity index is 555. The SMILES string of the molecule is COc1cccc(C[NH+]2CCC[C@H](C(=O)N3CC[NH+](C)CC3)C2)c1. The number of hydrogen-bond donors (Lipinski definition) is 2. The number of methoxy groups -OCH3 is 1. The second-order valence-corrected chi connectivity index (χ2v) is 7.35. The fraction of sp³-hybridized carbons (Fsp3) is 0.632. The van der Waals surface area contributed by atoms with Gasteiger partial charge in [0, 0.05) is 5.56 Å². The number of quaternary nitrogens is 2. The molecule has 24 heavy (non-hydrogen) atoms. The van der Waals surface area contributed by atoms with Crippen molar-refractivity contribution in [1.29, 1.82) is 0 Å². The minimum atomic E-state index is 0.206. The van der Waals surface area contributed by atoms with Gasteiger partial charge in [-0.05, 0) is 25.0 Å². The largest absolute Gasteiger partial charge is 0.497 e. The highest BCUT2D eigenvalue weighted by Crippen LogP contribution is 2.14. The summed E-state index contributed by atoms with van der Waals surface area (Å²) in [7, 11) is 3.92. The Morgan fingerprint density at radius 3 is 2.83 bits per heavy atom. The average Bonchev–Trinajstić information content (AvgIpc) is 2.62. The normalized spacial score (nSPS) is 25.5. The quantitative estimate of drug-likeness (QED) is 0.730. The summed E-state index contributed by atoms with van der Waals surface area (Å²) in [6, 6.07) is 8.30. The summed E-state index contributed by atoms with van der Waals surface area (Å²) in [5.74, 6) is 1.51. The summed E-state index contributed by atoms with van der Waals surface area (Å²) in [4.78, 5) is 18.0. The summed E-state index contributed by atoms with van der Waals surface area (Å²) < 4.78 is 5.32. The number of ether oxygens (including phenoxy) is 1. The van der Waals surface area contributed by atoms with E-state index in [0.717, 1.165) is 64.4 Å². The Balaban J connectivity index is 1.56. The molecule has 1 aromatic rings. The number of nitrogens with one attached hydrogen (secondary N) is 2. The van der Waals surface area contributed by atoms with E-state index in [4.69, 9.17) is 4.74 Å². The molecular formula is C19H31N3O2+2. The first kappa shape index (κ1) is 17.2. The lowest BCUT2D eigenvalue weighted by atomic mass is 9.95.